The van der Waals surface area contributed by atoms with Crippen molar-refractivity contribution >= 4 is 22.8 Å². The summed E-state index contributed by atoms with van der Waals surface area (Å²) in [5, 5.41) is 0.964. The van der Waals surface area contributed by atoms with Gasteiger partial charge < -0.3 is 24.0 Å². The van der Waals surface area contributed by atoms with Gasteiger partial charge in [-0.25, -0.2) is 4.98 Å². The van der Waals surface area contributed by atoms with Crippen LogP contribution in [0, 0.1) is 0 Å². The van der Waals surface area contributed by atoms with Gasteiger partial charge in [-0.05, 0) is 56.2 Å². The number of fused-ring (bicyclic) bond motifs is 1. The van der Waals surface area contributed by atoms with Crippen molar-refractivity contribution in [2.75, 3.05) is 56.4 Å². The molecule has 0 saturated carbocycles. The third-order valence-electron chi connectivity index (χ3n) is 6.75. The fourth-order valence-electron chi connectivity index (χ4n) is 4.77. The van der Waals surface area contributed by atoms with Crippen molar-refractivity contribution in [3.05, 3.63) is 35.9 Å². The van der Waals surface area contributed by atoms with Crippen LogP contribution in [0.1, 0.15) is 26.3 Å². The van der Waals surface area contributed by atoms with E-state index < -0.39 is 0 Å². The van der Waals surface area contributed by atoms with Gasteiger partial charge in [0.25, 0.3) is 0 Å². The molecule has 4 heterocycles. The lowest BCUT2D eigenvalue weighted by Gasteiger charge is -2.37. The van der Waals surface area contributed by atoms with E-state index in [1.54, 1.807) is 7.11 Å². The second-order valence-corrected chi connectivity index (χ2v) is 9.03. The summed E-state index contributed by atoms with van der Waals surface area (Å²) in [4.78, 5) is 19.6. The topological polar surface area (TPSA) is 72.8 Å². The molecule has 2 aromatic heterocycles. The average Bonchev–Trinajstić information content (AvgIpc) is 2.88. The van der Waals surface area contributed by atoms with Crippen LogP contribution in [0.2, 0.25) is 0 Å². The lowest BCUT2D eigenvalue weighted by Crippen LogP contribution is -2.46. The Bertz CT molecular complexity index is 1170. The SMILES string of the molecule is CCc1cc(-c2ccc3c(N4CCOC[C@@H]4C)nc(N4CCOC[C@@H]4C)nc3n2)ccc1OC. The fraction of sp³-hybridized carbons (Fsp3) is 0.500. The molecule has 34 heavy (non-hydrogen) atoms. The van der Waals surface area contributed by atoms with Crippen LogP contribution in [0.5, 0.6) is 5.75 Å². The van der Waals surface area contributed by atoms with Crippen LogP contribution in [-0.2, 0) is 15.9 Å². The van der Waals surface area contributed by atoms with Gasteiger partial charge in [0, 0.05) is 18.7 Å². The molecule has 8 heteroatoms. The van der Waals surface area contributed by atoms with Gasteiger partial charge in [-0.15, -0.1) is 0 Å². The highest BCUT2D eigenvalue weighted by Crippen LogP contribution is 2.32. The molecule has 0 aliphatic carbocycles. The molecule has 0 amide bonds. The Kier molecular flexibility index (Phi) is 6.52. The summed E-state index contributed by atoms with van der Waals surface area (Å²) in [5.74, 6) is 2.55. The Morgan fingerprint density at radius 3 is 2.35 bits per heavy atom. The van der Waals surface area contributed by atoms with Crippen LogP contribution in [0.4, 0.5) is 11.8 Å². The van der Waals surface area contributed by atoms with Crippen molar-refractivity contribution in [2.45, 2.75) is 39.3 Å². The van der Waals surface area contributed by atoms with Crippen molar-refractivity contribution in [3.8, 4) is 17.0 Å². The molecule has 0 spiro atoms. The number of anilines is 2. The van der Waals surface area contributed by atoms with Gasteiger partial charge in [0.1, 0.15) is 11.6 Å². The van der Waals surface area contributed by atoms with Gasteiger partial charge in [-0.1, -0.05) is 6.92 Å². The predicted molar refractivity (Wildman–Crippen MR) is 134 cm³/mol. The molecule has 2 fully saturated rings. The van der Waals surface area contributed by atoms with E-state index in [0.29, 0.717) is 38.0 Å². The molecule has 5 rings (SSSR count). The number of rotatable bonds is 5. The maximum atomic E-state index is 5.69. The van der Waals surface area contributed by atoms with E-state index in [1.165, 1.54) is 0 Å². The highest BCUT2D eigenvalue weighted by atomic mass is 16.5. The Morgan fingerprint density at radius 2 is 1.68 bits per heavy atom. The van der Waals surface area contributed by atoms with Gasteiger partial charge in [-0.3, -0.25) is 0 Å². The third-order valence-corrected chi connectivity index (χ3v) is 6.75. The van der Waals surface area contributed by atoms with Crippen molar-refractivity contribution < 1.29 is 14.2 Å². The molecule has 2 saturated heterocycles. The standard InChI is InChI=1S/C26H33N5O3/c1-5-19-14-20(6-9-23(19)32-4)22-8-7-21-24(27-22)28-26(31-11-13-34-16-18(31)3)29-25(21)30-10-12-33-15-17(30)2/h6-9,14,17-18H,5,10-13,15-16H2,1-4H3/t17-,18-/m0/s1. The van der Waals surface area contributed by atoms with E-state index in [-0.39, 0.29) is 12.1 Å². The zero-order chi connectivity index (χ0) is 23.7. The van der Waals surface area contributed by atoms with Crippen LogP contribution in [-0.4, -0.2) is 73.7 Å². The van der Waals surface area contributed by atoms with Crippen LogP contribution in [0.25, 0.3) is 22.3 Å². The van der Waals surface area contributed by atoms with Crippen molar-refractivity contribution in [1.29, 1.82) is 0 Å². The summed E-state index contributed by atoms with van der Waals surface area (Å²) in [6, 6.07) is 10.8. The number of benzene rings is 1. The summed E-state index contributed by atoms with van der Waals surface area (Å²) in [7, 11) is 1.71. The molecular formula is C26H33N5O3. The van der Waals surface area contributed by atoms with Gasteiger partial charge in [-0.2, -0.15) is 9.97 Å². The number of pyridine rings is 1. The van der Waals surface area contributed by atoms with Gasteiger partial charge in [0.15, 0.2) is 5.65 Å². The highest BCUT2D eigenvalue weighted by molar-refractivity contribution is 5.90. The van der Waals surface area contributed by atoms with Crippen molar-refractivity contribution in [1.82, 2.24) is 15.0 Å². The molecule has 1 aromatic carbocycles. The number of methoxy groups -OCH3 is 1. The van der Waals surface area contributed by atoms with Crippen LogP contribution in [0.15, 0.2) is 30.3 Å². The molecule has 2 aliphatic rings. The number of aromatic nitrogens is 3. The highest BCUT2D eigenvalue weighted by Gasteiger charge is 2.27. The Morgan fingerprint density at radius 1 is 0.941 bits per heavy atom. The lowest BCUT2D eigenvalue weighted by molar-refractivity contribution is 0.0973. The number of ether oxygens (including phenoxy) is 3. The first-order valence-electron chi connectivity index (χ1n) is 12.1. The lowest BCUT2D eigenvalue weighted by atomic mass is 10.0. The number of hydrogen-bond donors (Lipinski definition) is 0. The molecule has 2 atom stereocenters. The number of aryl methyl sites for hydroxylation is 1. The maximum Gasteiger partial charge on any atom is 0.229 e. The van der Waals surface area contributed by atoms with E-state index >= 15 is 0 Å². The molecule has 0 N–H and O–H groups in total. The molecular weight excluding hydrogens is 430 g/mol. The maximum absolute atomic E-state index is 5.69. The zero-order valence-electron chi connectivity index (χ0n) is 20.5. The minimum atomic E-state index is 0.207. The smallest absolute Gasteiger partial charge is 0.229 e. The van der Waals surface area contributed by atoms with Crippen molar-refractivity contribution in [3.63, 3.8) is 0 Å². The van der Waals surface area contributed by atoms with E-state index in [0.717, 1.165) is 53.3 Å². The quantitative estimate of drug-likeness (QED) is 0.567. The molecule has 0 bridgehead atoms. The number of hydrogen-bond acceptors (Lipinski definition) is 8. The Hall–Kier alpha value is -2.97. The summed E-state index contributed by atoms with van der Waals surface area (Å²) >= 11 is 0. The average molecular weight is 464 g/mol. The summed E-state index contributed by atoms with van der Waals surface area (Å²) in [5.41, 5.74) is 3.82. The first-order chi connectivity index (χ1) is 16.6. The third kappa shape index (κ3) is 4.28. The van der Waals surface area contributed by atoms with Gasteiger partial charge in [0.2, 0.25) is 5.95 Å². The predicted octanol–water partition coefficient (Wildman–Crippen LogP) is 3.71. The molecule has 180 valence electrons. The Balaban J connectivity index is 1.64. The summed E-state index contributed by atoms with van der Waals surface area (Å²) in [6.45, 7) is 10.7. The van der Waals surface area contributed by atoms with E-state index in [1.807, 2.05) is 6.07 Å². The Labute approximate surface area is 200 Å². The second kappa shape index (κ2) is 9.72. The number of morpholine rings is 2. The van der Waals surface area contributed by atoms with E-state index in [2.05, 4.69) is 54.8 Å². The molecule has 3 aromatic rings. The first kappa shape index (κ1) is 22.8. The van der Waals surface area contributed by atoms with E-state index in [9.17, 15) is 0 Å². The zero-order valence-corrected chi connectivity index (χ0v) is 20.5. The largest absolute Gasteiger partial charge is 0.496 e. The van der Waals surface area contributed by atoms with Crippen LogP contribution < -0.4 is 14.5 Å². The fourth-order valence-corrected chi connectivity index (χ4v) is 4.77. The molecule has 0 radical (unpaired) electrons. The monoisotopic (exact) mass is 463 g/mol. The van der Waals surface area contributed by atoms with Gasteiger partial charge >= 0.3 is 0 Å². The first-order valence-corrected chi connectivity index (χ1v) is 12.1. The van der Waals surface area contributed by atoms with Crippen LogP contribution in [0.3, 0.4) is 0 Å². The summed E-state index contributed by atoms with van der Waals surface area (Å²) < 4.78 is 16.9. The van der Waals surface area contributed by atoms with Gasteiger partial charge in [0.05, 0.1) is 56.7 Å². The van der Waals surface area contributed by atoms with E-state index in [4.69, 9.17) is 29.2 Å². The normalized spacial score (nSPS) is 21.2. The van der Waals surface area contributed by atoms with Crippen LogP contribution >= 0.6 is 0 Å². The van der Waals surface area contributed by atoms with Crippen molar-refractivity contribution in [2.24, 2.45) is 0 Å². The minimum Gasteiger partial charge on any atom is -0.496 e. The second-order valence-electron chi connectivity index (χ2n) is 9.03. The summed E-state index contributed by atoms with van der Waals surface area (Å²) in [6.07, 6.45) is 0.894. The number of nitrogens with zero attached hydrogens (tertiary/aromatic N) is 5. The minimum absolute atomic E-state index is 0.207. The molecule has 2 aliphatic heterocycles. The molecule has 8 nitrogen and oxygen atoms in total. The molecule has 0 unspecified atom stereocenters.